The van der Waals surface area contributed by atoms with Gasteiger partial charge in [-0.2, -0.15) is 0 Å². The SMILES string of the molecule is CCN(C(=O)c1cc(F)ccc1Oc1nncnc1N1CC2(CCN(C(=O)[C@@H]3NC[C@@H](C)[C@H]3C)CC2)C1)C(C)C. The lowest BCUT2D eigenvalue weighted by molar-refractivity contribution is -0.136. The Morgan fingerprint density at radius 1 is 1.23 bits per heavy atom. The number of rotatable bonds is 7. The molecule has 5 rings (SSSR count). The van der Waals surface area contributed by atoms with Crippen molar-refractivity contribution in [3.05, 3.63) is 35.9 Å². The highest BCUT2D eigenvalue weighted by atomic mass is 19.1. The van der Waals surface area contributed by atoms with Gasteiger partial charge < -0.3 is 24.8 Å². The van der Waals surface area contributed by atoms with Crippen molar-refractivity contribution in [1.29, 1.82) is 0 Å². The van der Waals surface area contributed by atoms with E-state index >= 15 is 0 Å². The number of carbonyl (C=O) groups excluding carboxylic acids is 2. The lowest BCUT2D eigenvalue weighted by Gasteiger charge is -2.54. The molecule has 1 N–H and O–H groups in total. The second kappa shape index (κ2) is 11.3. The van der Waals surface area contributed by atoms with Gasteiger partial charge in [0.05, 0.1) is 11.6 Å². The number of hydrogen-bond donors (Lipinski definition) is 1. The Morgan fingerprint density at radius 2 is 1.95 bits per heavy atom. The maximum atomic E-state index is 14.2. The zero-order valence-corrected chi connectivity index (χ0v) is 24.1. The Balaban J connectivity index is 1.26. The summed E-state index contributed by atoms with van der Waals surface area (Å²) in [6, 6.07) is 3.77. The first kappa shape index (κ1) is 28.2. The second-order valence-corrected chi connectivity index (χ2v) is 11.9. The van der Waals surface area contributed by atoms with Gasteiger partial charge in [0, 0.05) is 44.2 Å². The number of anilines is 1. The Morgan fingerprint density at radius 3 is 2.58 bits per heavy atom. The summed E-state index contributed by atoms with van der Waals surface area (Å²) in [4.78, 5) is 36.6. The zero-order chi connectivity index (χ0) is 28.6. The van der Waals surface area contributed by atoms with E-state index in [1.807, 2.05) is 25.7 Å². The molecule has 3 aliphatic rings. The number of aromatic nitrogens is 3. The monoisotopic (exact) mass is 553 g/mol. The van der Waals surface area contributed by atoms with Crippen LogP contribution in [0.2, 0.25) is 0 Å². The minimum atomic E-state index is -0.518. The van der Waals surface area contributed by atoms with E-state index in [1.165, 1.54) is 24.5 Å². The molecular weight excluding hydrogens is 513 g/mol. The third-order valence-electron chi connectivity index (χ3n) is 9.01. The summed E-state index contributed by atoms with van der Waals surface area (Å²) in [6.07, 6.45) is 3.23. The smallest absolute Gasteiger partial charge is 0.282 e. The molecule has 2 amide bonds. The molecule has 3 aliphatic heterocycles. The van der Waals surface area contributed by atoms with Crippen LogP contribution in [0.4, 0.5) is 10.2 Å². The van der Waals surface area contributed by atoms with Crippen LogP contribution in [-0.4, -0.2) is 88.1 Å². The molecule has 0 bridgehead atoms. The molecule has 1 aromatic carbocycles. The summed E-state index contributed by atoms with van der Waals surface area (Å²) in [5.74, 6) is 1.17. The Bertz CT molecular complexity index is 1240. The van der Waals surface area contributed by atoms with Crippen LogP contribution in [0.5, 0.6) is 11.6 Å². The molecule has 3 fully saturated rings. The van der Waals surface area contributed by atoms with E-state index in [0.29, 0.717) is 24.2 Å². The molecule has 1 spiro atoms. The normalized spacial score (nSPS) is 23.8. The molecule has 40 heavy (non-hydrogen) atoms. The van der Waals surface area contributed by atoms with Gasteiger partial charge in [-0.05, 0) is 70.2 Å². The fourth-order valence-electron chi connectivity index (χ4n) is 6.26. The average Bonchev–Trinajstić information content (AvgIpc) is 3.26. The van der Waals surface area contributed by atoms with Gasteiger partial charge in [-0.15, -0.1) is 10.2 Å². The van der Waals surface area contributed by atoms with Crippen LogP contribution in [-0.2, 0) is 4.79 Å². The van der Waals surface area contributed by atoms with Gasteiger partial charge in [0.1, 0.15) is 17.9 Å². The van der Waals surface area contributed by atoms with E-state index in [4.69, 9.17) is 4.74 Å². The number of piperidine rings is 1. The van der Waals surface area contributed by atoms with Gasteiger partial charge in [-0.25, -0.2) is 9.37 Å². The first-order valence-corrected chi connectivity index (χ1v) is 14.4. The van der Waals surface area contributed by atoms with Crippen molar-refractivity contribution in [3.8, 4) is 11.6 Å². The summed E-state index contributed by atoms with van der Waals surface area (Å²) >= 11 is 0. The molecular formula is C29H40FN7O3. The summed E-state index contributed by atoms with van der Waals surface area (Å²) in [6.45, 7) is 14.5. The van der Waals surface area contributed by atoms with Crippen molar-refractivity contribution in [2.24, 2.45) is 17.3 Å². The number of amides is 2. The molecule has 0 saturated carbocycles. The van der Waals surface area contributed by atoms with Crippen LogP contribution >= 0.6 is 0 Å². The fourth-order valence-corrected chi connectivity index (χ4v) is 6.26. The van der Waals surface area contributed by atoms with Gasteiger partial charge in [0.25, 0.3) is 11.8 Å². The van der Waals surface area contributed by atoms with E-state index in [0.717, 1.165) is 45.6 Å². The Kier molecular flexibility index (Phi) is 7.94. The van der Waals surface area contributed by atoms with Gasteiger partial charge in [0.15, 0.2) is 5.82 Å². The van der Waals surface area contributed by atoms with Crippen molar-refractivity contribution in [3.63, 3.8) is 0 Å². The predicted octanol–water partition coefficient (Wildman–Crippen LogP) is 3.35. The van der Waals surface area contributed by atoms with Crippen LogP contribution < -0.4 is 15.0 Å². The summed E-state index contributed by atoms with van der Waals surface area (Å²) in [5, 5.41) is 11.5. The molecule has 0 radical (unpaired) electrons. The standard InChI is InChI=1S/C29H40FN7O3/c1-6-37(18(2)3)27(38)22-13-21(30)7-8-23(22)40-26-25(32-17-33-34-26)36-15-29(16-36)9-11-35(12-10-29)28(39)24-20(5)19(4)14-31-24/h7-8,13,17-20,24,31H,6,9-12,14-16H2,1-5H3/t19-,20-,24-/m1/s1. The van der Waals surface area contributed by atoms with Crippen LogP contribution in [0, 0.1) is 23.1 Å². The molecule has 216 valence electrons. The van der Waals surface area contributed by atoms with Gasteiger partial charge in [-0.3, -0.25) is 9.59 Å². The number of benzene rings is 1. The Labute approximate surface area is 235 Å². The molecule has 10 nitrogen and oxygen atoms in total. The van der Waals surface area contributed by atoms with Crippen molar-refractivity contribution in [2.45, 2.75) is 59.5 Å². The minimum Gasteiger partial charge on any atom is -0.434 e. The lowest BCUT2D eigenvalue weighted by Crippen LogP contribution is -2.62. The summed E-state index contributed by atoms with van der Waals surface area (Å²) < 4.78 is 20.3. The second-order valence-electron chi connectivity index (χ2n) is 11.9. The van der Waals surface area contributed by atoms with Crippen LogP contribution in [0.1, 0.15) is 57.8 Å². The molecule has 3 atom stereocenters. The van der Waals surface area contributed by atoms with Crippen molar-refractivity contribution >= 4 is 17.6 Å². The fraction of sp³-hybridized carbons (Fsp3) is 0.621. The van der Waals surface area contributed by atoms with E-state index in [9.17, 15) is 14.0 Å². The maximum Gasteiger partial charge on any atom is 0.282 e. The topological polar surface area (TPSA) is 104 Å². The number of carbonyl (C=O) groups is 2. The third-order valence-corrected chi connectivity index (χ3v) is 9.01. The Hall–Kier alpha value is -3.34. The maximum absolute atomic E-state index is 14.2. The van der Waals surface area contributed by atoms with Gasteiger partial charge in [-0.1, -0.05) is 13.8 Å². The first-order chi connectivity index (χ1) is 19.1. The molecule has 11 heteroatoms. The van der Waals surface area contributed by atoms with E-state index in [1.54, 1.807) is 4.90 Å². The van der Waals surface area contributed by atoms with E-state index in [2.05, 4.69) is 39.2 Å². The number of likely N-dealkylation sites (tertiary alicyclic amines) is 1. The summed E-state index contributed by atoms with van der Waals surface area (Å²) in [5.41, 5.74) is 0.237. The van der Waals surface area contributed by atoms with E-state index in [-0.39, 0.29) is 46.5 Å². The number of halogens is 1. The van der Waals surface area contributed by atoms with Crippen LogP contribution in [0.15, 0.2) is 24.5 Å². The van der Waals surface area contributed by atoms with Crippen molar-refractivity contribution in [1.82, 2.24) is 30.3 Å². The average molecular weight is 554 g/mol. The highest BCUT2D eigenvalue weighted by Crippen LogP contribution is 2.44. The third kappa shape index (κ3) is 5.35. The van der Waals surface area contributed by atoms with E-state index < -0.39 is 5.82 Å². The van der Waals surface area contributed by atoms with Crippen LogP contribution in [0.25, 0.3) is 0 Å². The zero-order valence-electron chi connectivity index (χ0n) is 24.1. The number of ether oxygens (including phenoxy) is 1. The first-order valence-electron chi connectivity index (χ1n) is 14.4. The molecule has 0 aliphatic carbocycles. The van der Waals surface area contributed by atoms with Gasteiger partial charge >= 0.3 is 0 Å². The highest BCUT2D eigenvalue weighted by Gasteiger charge is 2.48. The summed E-state index contributed by atoms with van der Waals surface area (Å²) in [7, 11) is 0. The molecule has 1 aromatic heterocycles. The number of nitrogens with one attached hydrogen (secondary N) is 1. The lowest BCUT2D eigenvalue weighted by atomic mass is 9.72. The predicted molar refractivity (Wildman–Crippen MR) is 149 cm³/mol. The minimum absolute atomic E-state index is 0.0530. The van der Waals surface area contributed by atoms with Crippen molar-refractivity contribution in [2.75, 3.05) is 44.2 Å². The number of nitrogens with zero attached hydrogens (tertiary/aromatic N) is 6. The number of hydrogen-bond acceptors (Lipinski definition) is 8. The molecule has 4 heterocycles. The largest absolute Gasteiger partial charge is 0.434 e. The quantitative estimate of drug-likeness (QED) is 0.557. The van der Waals surface area contributed by atoms with Crippen LogP contribution in [0.3, 0.4) is 0 Å². The highest BCUT2D eigenvalue weighted by molar-refractivity contribution is 5.97. The van der Waals surface area contributed by atoms with Crippen molar-refractivity contribution < 1.29 is 18.7 Å². The van der Waals surface area contributed by atoms with Gasteiger partial charge in [0.2, 0.25) is 5.91 Å². The molecule has 0 unspecified atom stereocenters. The molecule has 3 saturated heterocycles. The molecule has 2 aromatic rings.